The van der Waals surface area contributed by atoms with Crippen molar-refractivity contribution in [2.45, 2.75) is 33.6 Å². The first-order valence-electron chi connectivity index (χ1n) is 4.86. The van der Waals surface area contributed by atoms with E-state index in [1.54, 1.807) is 0 Å². The fourth-order valence-electron chi connectivity index (χ4n) is 0.554. The van der Waals surface area contributed by atoms with Crippen LogP contribution in [-0.2, 0) is 9.59 Å². The number of unbranched alkanes of at least 4 members (excludes halogenated alkanes) is 1. The minimum Gasteiger partial charge on any atom is -0.299 e. The van der Waals surface area contributed by atoms with Crippen LogP contribution in [0.2, 0.25) is 0 Å². The Bertz CT molecular complexity index is 190. The lowest BCUT2D eigenvalue weighted by Crippen LogP contribution is -2.00. The van der Waals surface area contributed by atoms with Gasteiger partial charge in [-0.1, -0.05) is 39.8 Å². The fourth-order valence-corrected chi connectivity index (χ4v) is 0.554. The van der Waals surface area contributed by atoms with Crippen molar-refractivity contribution in [1.29, 1.82) is 0 Å². The molecule has 0 aromatic rings. The second-order valence-corrected chi connectivity index (χ2v) is 3.11. The summed E-state index contributed by atoms with van der Waals surface area (Å²) in [6.45, 7) is 9.11. The Morgan fingerprint density at radius 3 is 2.21 bits per heavy atom. The summed E-state index contributed by atoms with van der Waals surface area (Å²) in [5.41, 5.74) is 0. The number of carbonyl (C=O) groups is 2. The number of hydrogen-bond donors (Lipinski definition) is 0. The SMILES string of the molecule is C=CC(=O)C(C)C.CCCC=CC=O. The van der Waals surface area contributed by atoms with Crippen LogP contribution >= 0.6 is 0 Å². The van der Waals surface area contributed by atoms with Gasteiger partial charge in [-0.15, -0.1) is 0 Å². The zero-order chi connectivity index (χ0) is 11.4. The van der Waals surface area contributed by atoms with Crippen molar-refractivity contribution in [2.75, 3.05) is 0 Å². The normalized spacial score (nSPS) is 9.43. The third-order valence-electron chi connectivity index (χ3n) is 1.44. The average molecular weight is 196 g/mol. The van der Waals surface area contributed by atoms with Crippen LogP contribution in [0.1, 0.15) is 33.6 Å². The van der Waals surface area contributed by atoms with E-state index in [9.17, 15) is 9.59 Å². The standard InChI is InChI=1S/2C6H10O/c1-4-6(7)5(2)3;1-2-3-4-5-6-7/h4-5H,1H2,2-3H3;4-6H,2-3H2,1H3. The van der Waals surface area contributed by atoms with Crippen molar-refractivity contribution >= 4 is 12.1 Å². The molecule has 0 radical (unpaired) electrons. The summed E-state index contributed by atoms with van der Waals surface area (Å²) in [4.78, 5) is 20.0. The number of aldehydes is 1. The highest BCUT2D eigenvalue weighted by atomic mass is 16.1. The van der Waals surface area contributed by atoms with Crippen LogP contribution in [0.5, 0.6) is 0 Å². The molecule has 14 heavy (non-hydrogen) atoms. The van der Waals surface area contributed by atoms with Gasteiger partial charge in [-0.3, -0.25) is 9.59 Å². The summed E-state index contributed by atoms with van der Waals surface area (Å²) in [5.74, 6) is 0.220. The maximum atomic E-state index is 10.4. The van der Waals surface area contributed by atoms with Gasteiger partial charge >= 0.3 is 0 Å². The Labute approximate surface area is 86.7 Å². The van der Waals surface area contributed by atoms with Crippen molar-refractivity contribution in [1.82, 2.24) is 0 Å². The van der Waals surface area contributed by atoms with Gasteiger partial charge in [0.25, 0.3) is 0 Å². The lowest BCUT2D eigenvalue weighted by atomic mass is 10.1. The Morgan fingerprint density at radius 1 is 1.43 bits per heavy atom. The number of hydrogen-bond acceptors (Lipinski definition) is 2. The average Bonchev–Trinajstić information content (AvgIpc) is 2.18. The molecule has 2 heteroatoms. The summed E-state index contributed by atoms with van der Waals surface area (Å²) in [6.07, 6.45) is 7.68. The van der Waals surface area contributed by atoms with Gasteiger partial charge in [0.1, 0.15) is 6.29 Å². The molecule has 0 amide bonds. The van der Waals surface area contributed by atoms with Gasteiger partial charge in [0.05, 0.1) is 0 Å². The van der Waals surface area contributed by atoms with Crippen LogP contribution < -0.4 is 0 Å². The molecule has 2 nitrogen and oxygen atoms in total. The summed E-state index contributed by atoms with van der Waals surface area (Å²) >= 11 is 0. The number of allylic oxidation sites excluding steroid dienone is 3. The molecule has 0 aliphatic rings. The van der Waals surface area contributed by atoms with Gasteiger partial charge in [-0.05, 0) is 18.6 Å². The Morgan fingerprint density at radius 2 is 2.00 bits per heavy atom. The molecule has 0 bridgehead atoms. The van der Waals surface area contributed by atoms with E-state index < -0.39 is 0 Å². The van der Waals surface area contributed by atoms with Gasteiger partial charge < -0.3 is 0 Å². The second kappa shape index (κ2) is 11.8. The van der Waals surface area contributed by atoms with Crippen molar-refractivity contribution in [3.05, 3.63) is 24.8 Å². The molecular formula is C12H20O2. The Hall–Kier alpha value is -1.18. The molecular weight excluding hydrogens is 176 g/mol. The zero-order valence-corrected chi connectivity index (χ0v) is 9.32. The van der Waals surface area contributed by atoms with Crippen molar-refractivity contribution in [3.63, 3.8) is 0 Å². The molecule has 0 N–H and O–H groups in total. The fraction of sp³-hybridized carbons (Fsp3) is 0.500. The van der Waals surface area contributed by atoms with Gasteiger partial charge in [0, 0.05) is 5.92 Å². The van der Waals surface area contributed by atoms with E-state index in [1.165, 1.54) is 12.2 Å². The molecule has 0 saturated heterocycles. The molecule has 0 atom stereocenters. The second-order valence-electron chi connectivity index (χ2n) is 3.11. The highest BCUT2D eigenvalue weighted by Gasteiger charge is 1.98. The third-order valence-corrected chi connectivity index (χ3v) is 1.44. The first-order valence-corrected chi connectivity index (χ1v) is 4.86. The lowest BCUT2D eigenvalue weighted by Gasteiger charge is -1.92. The molecule has 0 aliphatic heterocycles. The minimum absolute atomic E-state index is 0.109. The Kier molecular flexibility index (Phi) is 12.9. The molecule has 0 aromatic carbocycles. The summed E-state index contributed by atoms with van der Waals surface area (Å²) in [5, 5.41) is 0. The third kappa shape index (κ3) is 13.4. The highest BCUT2D eigenvalue weighted by Crippen LogP contribution is 1.92. The summed E-state index contributed by atoms with van der Waals surface area (Å²) < 4.78 is 0. The highest BCUT2D eigenvalue weighted by molar-refractivity contribution is 5.90. The molecule has 0 spiro atoms. The zero-order valence-electron chi connectivity index (χ0n) is 9.32. The summed E-state index contributed by atoms with van der Waals surface area (Å²) in [6, 6.07) is 0. The molecule has 0 heterocycles. The monoisotopic (exact) mass is 196 g/mol. The van der Waals surface area contributed by atoms with Gasteiger partial charge in [0.15, 0.2) is 5.78 Å². The van der Waals surface area contributed by atoms with E-state index in [0.717, 1.165) is 19.1 Å². The van der Waals surface area contributed by atoms with Crippen LogP contribution in [0.4, 0.5) is 0 Å². The van der Waals surface area contributed by atoms with Gasteiger partial charge in [0.2, 0.25) is 0 Å². The smallest absolute Gasteiger partial charge is 0.157 e. The van der Waals surface area contributed by atoms with Crippen molar-refractivity contribution in [3.8, 4) is 0 Å². The molecule has 0 aliphatic carbocycles. The van der Waals surface area contributed by atoms with Crippen LogP contribution in [0.15, 0.2) is 24.8 Å². The van der Waals surface area contributed by atoms with E-state index in [4.69, 9.17) is 0 Å². The maximum absolute atomic E-state index is 10.4. The molecule has 0 rings (SSSR count). The maximum Gasteiger partial charge on any atom is 0.157 e. The molecule has 0 aromatic heterocycles. The predicted molar refractivity (Wildman–Crippen MR) is 60.2 cm³/mol. The number of rotatable bonds is 5. The van der Waals surface area contributed by atoms with Crippen LogP contribution in [0.25, 0.3) is 0 Å². The van der Waals surface area contributed by atoms with Crippen LogP contribution in [0, 0.1) is 5.92 Å². The first-order chi connectivity index (χ1) is 6.59. The number of ketones is 1. The van der Waals surface area contributed by atoms with E-state index in [2.05, 4.69) is 13.5 Å². The van der Waals surface area contributed by atoms with Crippen molar-refractivity contribution in [2.24, 2.45) is 5.92 Å². The van der Waals surface area contributed by atoms with Crippen molar-refractivity contribution < 1.29 is 9.59 Å². The van der Waals surface area contributed by atoms with E-state index in [1.807, 2.05) is 19.9 Å². The lowest BCUT2D eigenvalue weighted by molar-refractivity contribution is -0.117. The topological polar surface area (TPSA) is 34.1 Å². The van der Waals surface area contributed by atoms with Gasteiger partial charge in [-0.2, -0.15) is 0 Å². The molecule has 80 valence electrons. The minimum atomic E-state index is 0.109. The molecule has 0 unspecified atom stereocenters. The Balaban J connectivity index is 0. The molecule has 0 fully saturated rings. The van der Waals surface area contributed by atoms with Crippen LogP contribution in [0.3, 0.4) is 0 Å². The van der Waals surface area contributed by atoms with E-state index in [-0.39, 0.29) is 11.7 Å². The molecule has 0 saturated carbocycles. The van der Waals surface area contributed by atoms with E-state index >= 15 is 0 Å². The van der Waals surface area contributed by atoms with Crippen LogP contribution in [-0.4, -0.2) is 12.1 Å². The predicted octanol–water partition coefficient (Wildman–Crippen LogP) is 2.94. The van der Waals surface area contributed by atoms with E-state index in [0.29, 0.717) is 0 Å². The first kappa shape index (κ1) is 15.3. The summed E-state index contributed by atoms with van der Waals surface area (Å²) in [7, 11) is 0. The number of carbonyl (C=O) groups excluding carboxylic acids is 2. The largest absolute Gasteiger partial charge is 0.299 e. The van der Waals surface area contributed by atoms with Gasteiger partial charge in [-0.25, -0.2) is 0 Å². The quantitative estimate of drug-likeness (QED) is 0.500.